The second-order valence-electron chi connectivity index (χ2n) is 30.2. The van der Waals surface area contributed by atoms with Crippen molar-refractivity contribution in [1.29, 1.82) is 0 Å². The molecule has 0 N–H and O–H groups in total. The summed E-state index contributed by atoms with van der Waals surface area (Å²) in [6.45, 7) is 4.46. The van der Waals surface area contributed by atoms with Crippen LogP contribution in [-0.2, 0) is 20.7 Å². The molecule has 542 valence electrons. The molecule has 104 heavy (non-hydrogen) atoms. The summed E-state index contributed by atoms with van der Waals surface area (Å²) in [5.41, 5.74) is 12.9. The van der Waals surface area contributed by atoms with Gasteiger partial charge in [0, 0.05) is 66.0 Å². The van der Waals surface area contributed by atoms with Crippen molar-refractivity contribution in [2.45, 2.75) is 247 Å². The van der Waals surface area contributed by atoms with E-state index in [-0.39, 0.29) is 24.0 Å². The Morgan fingerprint density at radius 1 is 0.356 bits per heavy atom. The van der Waals surface area contributed by atoms with E-state index in [1.165, 1.54) is 186 Å². The van der Waals surface area contributed by atoms with Crippen LogP contribution in [0.15, 0.2) is 214 Å². The number of Topliss-reactive ketones (excluding diaryl/α,β-unsaturated/α-hetero) is 2. The molecule has 4 saturated carbocycles. The third-order valence-corrected chi connectivity index (χ3v) is 27.2. The van der Waals surface area contributed by atoms with Gasteiger partial charge in [-0.3, -0.25) is 19.4 Å². The van der Waals surface area contributed by atoms with Crippen LogP contribution in [-0.4, -0.2) is 70.6 Å². The molecule has 0 aromatic heterocycles. The second kappa shape index (κ2) is 34.8. The van der Waals surface area contributed by atoms with Gasteiger partial charge in [-0.05, 0) is 193 Å². The number of nitrogens with zero attached hydrogens (tertiary/aromatic N) is 2. The number of carbonyl (C=O) groups is 2. The molecule has 0 saturated heterocycles. The maximum Gasteiger partial charge on any atom is 0.173 e. The van der Waals surface area contributed by atoms with Gasteiger partial charge in [0.25, 0.3) is 0 Å². The van der Waals surface area contributed by atoms with Crippen molar-refractivity contribution in [2.75, 3.05) is 25.0 Å². The predicted molar refractivity (Wildman–Crippen MR) is 441 cm³/mol. The normalized spacial score (nSPS) is 23.2. The van der Waals surface area contributed by atoms with Gasteiger partial charge in [-0.25, -0.2) is 0 Å². The second-order valence-corrected chi connectivity index (χ2v) is 33.8. The number of fused-ring (bicyclic) bond motifs is 8. The van der Waals surface area contributed by atoms with Crippen LogP contribution < -0.4 is 0 Å². The van der Waals surface area contributed by atoms with E-state index in [0.717, 1.165) is 65.4 Å². The lowest BCUT2D eigenvalue weighted by molar-refractivity contribution is -0.180. The molecule has 8 aromatic rings. The van der Waals surface area contributed by atoms with E-state index in [1.807, 2.05) is 24.3 Å². The molecule has 2 heterocycles. The first kappa shape index (κ1) is 74.7. The molecule has 16 rings (SSSR count). The van der Waals surface area contributed by atoms with Gasteiger partial charge in [-0.15, -0.1) is 47.0 Å². The van der Waals surface area contributed by atoms with E-state index < -0.39 is 23.0 Å². The molecule has 0 spiro atoms. The molecule has 0 unspecified atom stereocenters. The quantitative estimate of drug-likeness (QED) is 0.0445. The highest BCUT2D eigenvalue weighted by Crippen LogP contribution is 2.64. The van der Waals surface area contributed by atoms with Crippen molar-refractivity contribution >= 4 is 81.9 Å². The Balaban J connectivity index is 0.000000163. The summed E-state index contributed by atoms with van der Waals surface area (Å²) >= 11 is 6.89. The fraction of sp³-hybridized carbons (Fsp3) is 0.426. The van der Waals surface area contributed by atoms with Crippen LogP contribution in [0.1, 0.15) is 269 Å². The number of rotatable bonds is 19. The number of thioether (sulfide) groups is 4. The number of benzene rings is 8. The molecule has 0 radical (unpaired) electrons. The zero-order valence-corrected chi connectivity index (χ0v) is 65.6. The summed E-state index contributed by atoms with van der Waals surface area (Å²) in [6, 6.07) is 71.0. The van der Waals surface area contributed by atoms with Gasteiger partial charge in [-0.2, -0.15) is 0 Å². The Bertz CT molecular complexity index is 3950. The minimum atomic E-state index is -1.01. The van der Waals surface area contributed by atoms with E-state index in [0.29, 0.717) is 24.2 Å². The highest BCUT2D eigenvalue weighted by Gasteiger charge is 2.60. The summed E-state index contributed by atoms with van der Waals surface area (Å²) in [6.07, 6.45) is 43.3. The van der Waals surface area contributed by atoms with E-state index in [1.54, 1.807) is 47.0 Å². The van der Waals surface area contributed by atoms with Gasteiger partial charge < -0.3 is 9.47 Å². The smallest absolute Gasteiger partial charge is 0.173 e. The van der Waals surface area contributed by atoms with Crippen LogP contribution in [0.2, 0.25) is 0 Å². The van der Waals surface area contributed by atoms with Crippen LogP contribution in [0.3, 0.4) is 0 Å². The maximum absolute atomic E-state index is 15.4. The van der Waals surface area contributed by atoms with E-state index in [9.17, 15) is 0 Å². The van der Waals surface area contributed by atoms with E-state index >= 15 is 9.59 Å². The number of unbranched alkanes of at least 4 members (excludes halogenated alkanes) is 3. The summed E-state index contributed by atoms with van der Waals surface area (Å²) in [4.78, 5) is 41.1. The number of hydrogen-bond donors (Lipinski definition) is 0. The van der Waals surface area contributed by atoms with Crippen LogP contribution in [0.5, 0.6) is 0 Å². The molecule has 4 fully saturated rings. The Morgan fingerprint density at radius 3 is 0.933 bits per heavy atom. The highest BCUT2D eigenvalue weighted by atomic mass is 32.2. The Morgan fingerprint density at radius 2 is 0.635 bits per heavy atom. The van der Waals surface area contributed by atoms with Gasteiger partial charge in [0.1, 0.15) is 23.7 Å². The SMILES string of the molecule is CCCCCC.CSc1ccc(C(=O)[C@@H]2c3ccccc3C=C3c4ccccc4[C@H](N(C4CCCCC4)C4CCCCC4)O[C@@]32c2ccc(SC)cc2)cc1.CSc1ccc(C(=O)[C@H]2c3ccccc3C=C3c4ccccc4[C@@H](N(C4CCCCC4)C4CCCCC4)O[C@]32c2ccc(SC)cc2)cc1. The Hall–Kier alpha value is -6.18. The molecule has 0 amide bonds. The fourth-order valence-electron chi connectivity index (χ4n) is 19.1. The lowest BCUT2D eigenvalue weighted by Crippen LogP contribution is -2.54. The van der Waals surface area contributed by atoms with Crippen molar-refractivity contribution in [3.8, 4) is 0 Å². The molecular weight excluding hydrogens is 1350 g/mol. The van der Waals surface area contributed by atoms with E-state index in [4.69, 9.17) is 9.47 Å². The zero-order chi connectivity index (χ0) is 71.6. The largest absolute Gasteiger partial charge is 0.342 e. The highest BCUT2D eigenvalue weighted by molar-refractivity contribution is 7.99. The standard InChI is InChI=1S/2C44H47NO2S2.C6H14/c2*1-48-35-25-21-30(22-26-35)42(46)41-37-18-10-9-13-31(37)29-40-38-19-11-12-20-39(38)43(47-44(40,41)32-23-27-36(49-2)28-24-32)45(33-14-5-3-6-15-33)34-16-7-4-8-17-34;1-3-5-6-4-2/h2*9-13,18-29,33-34,41,43H,3-8,14-17H2,1-2H3;3-6H2,1-2H3/t2*41-,43+,44-;/m10./s1. The number of hydrogen-bond acceptors (Lipinski definition) is 10. The third-order valence-electron chi connectivity index (χ3n) is 24.3. The molecule has 10 heteroatoms. The molecule has 6 aliphatic carbocycles. The van der Waals surface area contributed by atoms with Crippen molar-refractivity contribution in [1.82, 2.24) is 9.80 Å². The third kappa shape index (κ3) is 15.1. The van der Waals surface area contributed by atoms with Gasteiger partial charge >= 0.3 is 0 Å². The molecular formula is C94H108N2O4S4. The van der Waals surface area contributed by atoms with Gasteiger partial charge in [0.05, 0.1) is 11.8 Å². The summed E-state index contributed by atoms with van der Waals surface area (Å²) < 4.78 is 16.0. The van der Waals surface area contributed by atoms with Crippen molar-refractivity contribution in [3.05, 3.63) is 261 Å². The molecule has 6 nitrogen and oxygen atoms in total. The monoisotopic (exact) mass is 1460 g/mol. The summed E-state index contributed by atoms with van der Waals surface area (Å²) in [5, 5.41) is 0. The minimum absolute atomic E-state index is 0.111. The first-order chi connectivity index (χ1) is 51.1. The maximum atomic E-state index is 15.4. The van der Waals surface area contributed by atoms with Crippen LogP contribution >= 0.6 is 47.0 Å². The predicted octanol–water partition coefficient (Wildman–Crippen LogP) is 25.7. The molecule has 8 aliphatic rings. The number of ether oxygens (including phenoxy) is 2. The molecule has 2 aliphatic heterocycles. The first-order valence-corrected chi connectivity index (χ1v) is 44.4. The van der Waals surface area contributed by atoms with Crippen molar-refractivity contribution in [2.24, 2.45) is 0 Å². The fourth-order valence-corrected chi connectivity index (χ4v) is 20.7. The zero-order valence-electron chi connectivity index (χ0n) is 62.4. The van der Waals surface area contributed by atoms with Crippen molar-refractivity contribution in [3.63, 3.8) is 0 Å². The van der Waals surface area contributed by atoms with Crippen LogP contribution in [0.25, 0.3) is 23.3 Å². The number of ketones is 2. The van der Waals surface area contributed by atoms with Gasteiger partial charge in [-0.1, -0.05) is 262 Å². The van der Waals surface area contributed by atoms with Gasteiger partial charge in [0.15, 0.2) is 11.6 Å². The van der Waals surface area contributed by atoms with Crippen molar-refractivity contribution < 1.29 is 19.1 Å². The first-order valence-electron chi connectivity index (χ1n) is 39.5. The molecule has 0 bridgehead atoms. The van der Waals surface area contributed by atoms with Crippen LogP contribution in [0, 0.1) is 0 Å². The summed E-state index contributed by atoms with van der Waals surface area (Å²) in [5.74, 6) is -0.891. The Labute approximate surface area is 639 Å². The van der Waals surface area contributed by atoms with E-state index in [2.05, 4.69) is 231 Å². The lowest BCUT2D eigenvalue weighted by atomic mass is 9.62. The molecule has 6 atom stereocenters. The lowest BCUT2D eigenvalue weighted by Gasteiger charge is -2.55. The Kier molecular flexibility index (Phi) is 25.0. The molecule has 8 aromatic carbocycles. The van der Waals surface area contributed by atoms with Gasteiger partial charge in [0.2, 0.25) is 0 Å². The average Bonchev–Trinajstić information content (AvgIpc) is 0.699. The summed E-state index contributed by atoms with van der Waals surface area (Å²) in [7, 11) is 0. The number of carbonyl (C=O) groups excluding carboxylic acids is 2. The topological polar surface area (TPSA) is 59.1 Å². The van der Waals surface area contributed by atoms with Crippen LogP contribution in [0.4, 0.5) is 0 Å². The average molecular weight is 1460 g/mol. The minimum Gasteiger partial charge on any atom is -0.342 e.